The number of alkyl halides is 3. The zero-order valence-corrected chi connectivity index (χ0v) is 8.58. The first-order chi connectivity index (χ1) is 6.86. The number of allylic oxidation sites excluding steroid dienone is 3. The molecule has 0 aromatic rings. The molecular weight excluding hydrogens is 233 g/mol. The molecular formula is C9H8ClF3O2. The number of carbonyl (C=O) groups is 1. The van der Waals surface area contributed by atoms with E-state index in [2.05, 4.69) is 4.74 Å². The molecule has 2 nitrogen and oxygen atoms in total. The number of methoxy groups -OCH3 is 1. The molecule has 0 amide bonds. The predicted molar refractivity (Wildman–Crippen MR) is 48.3 cm³/mol. The number of rotatable bonds is 1. The van der Waals surface area contributed by atoms with Crippen LogP contribution in [0.15, 0.2) is 22.3 Å². The second-order valence-electron chi connectivity index (χ2n) is 2.97. The highest BCUT2D eigenvalue weighted by atomic mass is 35.5. The molecule has 0 aliphatic heterocycles. The number of halogens is 4. The molecule has 0 bridgehead atoms. The normalized spacial score (nSPS) is 17.5. The SMILES string of the molecule is COC(=O)C1=C(C(F)(F)F)C=C(Cl)CC1. The van der Waals surface area contributed by atoms with Crippen molar-refractivity contribution in [1.29, 1.82) is 0 Å². The van der Waals surface area contributed by atoms with Crippen LogP contribution in [-0.4, -0.2) is 19.3 Å². The summed E-state index contributed by atoms with van der Waals surface area (Å²) in [5.41, 5.74) is -1.37. The van der Waals surface area contributed by atoms with E-state index in [1.807, 2.05) is 0 Å². The molecule has 1 aliphatic rings. The van der Waals surface area contributed by atoms with Crippen molar-refractivity contribution in [2.75, 3.05) is 7.11 Å². The minimum Gasteiger partial charge on any atom is -0.466 e. The summed E-state index contributed by atoms with van der Waals surface area (Å²) in [6.07, 6.45) is -3.62. The van der Waals surface area contributed by atoms with Crippen LogP contribution >= 0.6 is 11.6 Å². The average molecular weight is 241 g/mol. The topological polar surface area (TPSA) is 26.3 Å². The lowest BCUT2D eigenvalue weighted by Crippen LogP contribution is -2.20. The third-order valence-corrected chi connectivity index (χ3v) is 2.28. The van der Waals surface area contributed by atoms with Crippen molar-refractivity contribution in [1.82, 2.24) is 0 Å². The summed E-state index contributed by atoms with van der Waals surface area (Å²) in [5, 5.41) is 0.0926. The van der Waals surface area contributed by atoms with Crippen LogP contribution in [0, 0.1) is 0 Å². The van der Waals surface area contributed by atoms with E-state index in [-0.39, 0.29) is 23.4 Å². The zero-order valence-electron chi connectivity index (χ0n) is 7.82. The molecule has 0 N–H and O–H groups in total. The van der Waals surface area contributed by atoms with Gasteiger partial charge in [-0.05, 0) is 18.9 Å². The molecule has 0 spiro atoms. The van der Waals surface area contributed by atoms with E-state index in [0.29, 0.717) is 0 Å². The fourth-order valence-corrected chi connectivity index (χ4v) is 1.49. The standard InChI is InChI=1S/C9H8ClF3O2/c1-15-8(14)6-3-2-5(10)4-7(6)9(11,12)13/h4H,2-3H2,1H3. The maximum atomic E-state index is 12.5. The third-order valence-electron chi connectivity index (χ3n) is 1.98. The molecule has 6 heteroatoms. The summed E-state index contributed by atoms with van der Waals surface area (Å²) in [6, 6.07) is 0. The fourth-order valence-electron chi connectivity index (χ4n) is 1.28. The van der Waals surface area contributed by atoms with Crippen LogP contribution in [0.3, 0.4) is 0 Å². The molecule has 0 atom stereocenters. The van der Waals surface area contributed by atoms with E-state index in [0.717, 1.165) is 13.2 Å². The molecule has 0 unspecified atom stereocenters. The number of ether oxygens (including phenoxy) is 1. The van der Waals surface area contributed by atoms with Gasteiger partial charge in [0.1, 0.15) is 0 Å². The van der Waals surface area contributed by atoms with Gasteiger partial charge in [-0.3, -0.25) is 0 Å². The van der Waals surface area contributed by atoms with Crippen LogP contribution in [-0.2, 0) is 9.53 Å². The lowest BCUT2D eigenvalue weighted by atomic mass is 9.97. The average Bonchev–Trinajstić information content (AvgIpc) is 2.15. The van der Waals surface area contributed by atoms with Gasteiger partial charge in [0.05, 0.1) is 12.7 Å². The van der Waals surface area contributed by atoms with Gasteiger partial charge in [-0.2, -0.15) is 13.2 Å². The fraction of sp³-hybridized carbons (Fsp3) is 0.444. The van der Waals surface area contributed by atoms with Gasteiger partial charge in [-0.15, -0.1) is 0 Å². The number of esters is 1. The van der Waals surface area contributed by atoms with Gasteiger partial charge < -0.3 is 4.74 Å². The summed E-state index contributed by atoms with van der Waals surface area (Å²) in [6.45, 7) is 0. The van der Waals surface area contributed by atoms with Crippen LogP contribution in [0.1, 0.15) is 12.8 Å². The molecule has 0 aromatic carbocycles. The predicted octanol–water partition coefficient (Wildman–Crippen LogP) is 2.93. The van der Waals surface area contributed by atoms with E-state index in [1.165, 1.54) is 0 Å². The summed E-state index contributed by atoms with van der Waals surface area (Å²) < 4.78 is 41.8. The van der Waals surface area contributed by atoms with E-state index >= 15 is 0 Å². The van der Waals surface area contributed by atoms with E-state index in [1.54, 1.807) is 0 Å². The second kappa shape index (κ2) is 4.26. The van der Waals surface area contributed by atoms with Crippen molar-refractivity contribution in [3.05, 3.63) is 22.3 Å². The molecule has 1 aliphatic carbocycles. The minimum atomic E-state index is -4.58. The van der Waals surface area contributed by atoms with Crippen molar-refractivity contribution in [2.24, 2.45) is 0 Å². The Hall–Kier alpha value is -0.970. The second-order valence-corrected chi connectivity index (χ2v) is 3.46. The number of carbonyl (C=O) groups excluding carboxylic acids is 1. The van der Waals surface area contributed by atoms with Gasteiger partial charge in [-0.1, -0.05) is 11.6 Å². The Balaban J connectivity index is 3.20. The van der Waals surface area contributed by atoms with Gasteiger partial charge in [0.2, 0.25) is 0 Å². The number of hydrogen-bond acceptors (Lipinski definition) is 2. The summed E-state index contributed by atoms with van der Waals surface area (Å²) in [5.74, 6) is -0.956. The summed E-state index contributed by atoms with van der Waals surface area (Å²) >= 11 is 5.51. The molecule has 0 heterocycles. The van der Waals surface area contributed by atoms with E-state index in [4.69, 9.17) is 11.6 Å². The first-order valence-electron chi connectivity index (χ1n) is 4.11. The van der Waals surface area contributed by atoms with Crippen LogP contribution in [0.2, 0.25) is 0 Å². The Morgan fingerprint density at radius 3 is 2.53 bits per heavy atom. The molecule has 0 aromatic heterocycles. The summed E-state index contributed by atoms with van der Waals surface area (Å²) in [7, 11) is 1.04. The Morgan fingerprint density at radius 2 is 2.07 bits per heavy atom. The van der Waals surface area contributed by atoms with Crippen molar-refractivity contribution < 1.29 is 22.7 Å². The molecule has 84 valence electrons. The van der Waals surface area contributed by atoms with Crippen molar-refractivity contribution >= 4 is 17.6 Å². The highest BCUT2D eigenvalue weighted by Gasteiger charge is 2.38. The highest BCUT2D eigenvalue weighted by Crippen LogP contribution is 2.37. The molecule has 1 rings (SSSR count). The lowest BCUT2D eigenvalue weighted by molar-refractivity contribution is -0.137. The van der Waals surface area contributed by atoms with Crippen molar-refractivity contribution in [3.63, 3.8) is 0 Å². The van der Waals surface area contributed by atoms with Crippen LogP contribution < -0.4 is 0 Å². The first kappa shape index (κ1) is 12.1. The van der Waals surface area contributed by atoms with Gasteiger partial charge >= 0.3 is 12.1 Å². The van der Waals surface area contributed by atoms with Crippen LogP contribution in [0.4, 0.5) is 13.2 Å². The first-order valence-corrected chi connectivity index (χ1v) is 4.48. The lowest BCUT2D eigenvalue weighted by Gasteiger charge is -2.18. The molecule has 0 fully saturated rings. The molecule has 0 radical (unpaired) electrons. The third kappa shape index (κ3) is 2.75. The monoisotopic (exact) mass is 240 g/mol. The van der Waals surface area contributed by atoms with Gasteiger partial charge in [0, 0.05) is 10.6 Å². The zero-order chi connectivity index (χ0) is 11.6. The quantitative estimate of drug-likeness (QED) is 0.659. The maximum Gasteiger partial charge on any atom is 0.416 e. The Morgan fingerprint density at radius 1 is 1.47 bits per heavy atom. The molecule has 15 heavy (non-hydrogen) atoms. The summed E-state index contributed by atoms with van der Waals surface area (Å²) in [4.78, 5) is 11.1. The van der Waals surface area contributed by atoms with Crippen molar-refractivity contribution in [2.45, 2.75) is 19.0 Å². The van der Waals surface area contributed by atoms with E-state index in [9.17, 15) is 18.0 Å². The van der Waals surface area contributed by atoms with Gasteiger partial charge in [-0.25, -0.2) is 4.79 Å². The van der Waals surface area contributed by atoms with Crippen LogP contribution in [0.5, 0.6) is 0 Å². The Kier molecular flexibility index (Phi) is 3.44. The highest BCUT2D eigenvalue weighted by molar-refractivity contribution is 6.30. The minimum absolute atomic E-state index is 0.0448. The maximum absolute atomic E-state index is 12.5. The Labute approximate surface area is 89.3 Å². The smallest absolute Gasteiger partial charge is 0.416 e. The Bertz CT molecular complexity index is 342. The van der Waals surface area contributed by atoms with E-state index < -0.39 is 17.7 Å². The molecule has 0 saturated carbocycles. The van der Waals surface area contributed by atoms with Gasteiger partial charge in [0.25, 0.3) is 0 Å². The number of hydrogen-bond donors (Lipinski definition) is 0. The molecule has 0 saturated heterocycles. The van der Waals surface area contributed by atoms with Crippen molar-refractivity contribution in [3.8, 4) is 0 Å². The largest absolute Gasteiger partial charge is 0.466 e. The van der Waals surface area contributed by atoms with Gasteiger partial charge in [0.15, 0.2) is 0 Å². The van der Waals surface area contributed by atoms with Crippen LogP contribution in [0.25, 0.3) is 0 Å².